The number of nitrogens with zero attached hydrogens (tertiary/aromatic N) is 1. The van der Waals surface area contributed by atoms with E-state index >= 15 is 0 Å². The van der Waals surface area contributed by atoms with Gasteiger partial charge in [0, 0.05) is 6.04 Å². The van der Waals surface area contributed by atoms with E-state index in [0.29, 0.717) is 0 Å². The van der Waals surface area contributed by atoms with Crippen molar-refractivity contribution in [2.24, 2.45) is 5.92 Å². The summed E-state index contributed by atoms with van der Waals surface area (Å²) in [5, 5.41) is 0. The monoisotopic (exact) mass is 305 g/mol. The molecule has 1 saturated carbocycles. The van der Waals surface area contributed by atoms with Crippen molar-refractivity contribution in [1.29, 1.82) is 0 Å². The maximum absolute atomic E-state index is 2.69. The molecule has 1 nitrogen and oxygen atoms in total. The number of hydrogen-bond acceptors (Lipinski definition) is 1. The van der Waals surface area contributed by atoms with E-state index in [2.05, 4.69) is 66.4 Å². The lowest BCUT2D eigenvalue weighted by atomic mass is 10.0. The van der Waals surface area contributed by atoms with Gasteiger partial charge in [-0.25, -0.2) is 0 Å². The van der Waals surface area contributed by atoms with Crippen molar-refractivity contribution in [1.82, 2.24) is 4.90 Å². The quantitative estimate of drug-likeness (QED) is 0.721. The average molecular weight is 305 g/mol. The largest absolute Gasteiger partial charge is 0.301 e. The van der Waals surface area contributed by atoms with Crippen LogP contribution in [0.25, 0.3) is 11.1 Å². The van der Waals surface area contributed by atoms with Gasteiger partial charge in [0.2, 0.25) is 0 Å². The lowest BCUT2D eigenvalue weighted by Crippen LogP contribution is -2.28. The Hall–Kier alpha value is -1.60. The highest BCUT2D eigenvalue weighted by Gasteiger charge is 2.38. The highest BCUT2D eigenvalue weighted by atomic mass is 15.2. The van der Waals surface area contributed by atoms with Crippen molar-refractivity contribution >= 4 is 0 Å². The normalized spacial score (nSPS) is 27.3. The first-order chi connectivity index (χ1) is 11.3. The van der Waals surface area contributed by atoms with Gasteiger partial charge in [0.05, 0.1) is 0 Å². The predicted molar refractivity (Wildman–Crippen MR) is 97.6 cm³/mol. The molecule has 0 radical (unpaired) electrons. The van der Waals surface area contributed by atoms with Gasteiger partial charge in [-0.1, -0.05) is 54.6 Å². The van der Waals surface area contributed by atoms with Gasteiger partial charge >= 0.3 is 0 Å². The summed E-state index contributed by atoms with van der Waals surface area (Å²) in [6.07, 6.45) is 5.58. The summed E-state index contributed by atoms with van der Waals surface area (Å²) >= 11 is 0. The lowest BCUT2D eigenvalue weighted by molar-refractivity contribution is 0.260. The van der Waals surface area contributed by atoms with Gasteiger partial charge in [-0.15, -0.1) is 0 Å². The van der Waals surface area contributed by atoms with Gasteiger partial charge in [0.1, 0.15) is 0 Å². The van der Waals surface area contributed by atoms with Crippen LogP contribution >= 0.6 is 0 Å². The highest BCUT2D eigenvalue weighted by Crippen LogP contribution is 2.49. The molecule has 0 unspecified atom stereocenters. The Bertz CT molecular complexity index is 631. The molecule has 2 aliphatic rings. The molecule has 1 heteroatoms. The van der Waals surface area contributed by atoms with Crippen molar-refractivity contribution in [3.63, 3.8) is 0 Å². The molecule has 3 atom stereocenters. The first-order valence-electron chi connectivity index (χ1n) is 9.21. The summed E-state index contributed by atoms with van der Waals surface area (Å²) in [5.41, 5.74) is 4.19. The molecule has 23 heavy (non-hydrogen) atoms. The Balaban J connectivity index is 1.33. The van der Waals surface area contributed by atoms with Crippen molar-refractivity contribution in [3.8, 4) is 11.1 Å². The van der Waals surface area contributed by atoms with Crippen LogP contribution in [0.2, 0.25) is 0 Å². The summed E-state index contributed by atoms with van der Waals surface area (Å²) in [5.74, 6) is 1.74. The highest BCUT2D eigenvalue weighted by molar-refractivity contribution is 5.63. The third kappa shape index (κ3) is 3.35. The fourth-order valence-electron chi connectivity index (χ4n) is 4.18. The van der Waals surface area contributed by atoms with Gasteiger partial charge in [0.25, 0.3) is 0 Å². The molecule has 0 spiro atoms. The van der Waals surface area contributed by atoms with Crippen LogP contribution in [0.5, 0.6) is 0 Å². The van der Waals surface area contributed by atoms with Crippen molar-refractivity contribution in [2.75, 3.05) is 13.1 Å². The van der Waals surface area contributed by atoms with Gasteiger partial charge in [-0.05, 0) is 74.2 Å². The standard InChI is InChI=1S/C22H27N/c1-17-6-5-14-23(17)15-13-21-16-22(21)20-11-9-19(10-12-20)18-7-3-2-4-8-18/h2-4,7-12,17,21-22H,5-6,13-16H2,1H3/t17-,21+,22-/m1/s1. The Labute approximate surface area is 140 Å². The van der Waals surface area contributed by atoms with Crippen LogP contribution in [0.1, 0.15) is 44.1 Å². The van der Waals surface area contributed by atoms with E-state index in [9.17, 15) is 0 Å². The third-order valence-electron chi connectivity index (χ3n) is 5.85. The zero-order chi connectivity index (χ0) is 15.6. The number of benzene rings is 2. The Morgan fingerprint density at radius 1 is 0.957 bits per heavy atom. The SMILES string of the molecule is C[C@@H]1CCCN1CC[C@H]1C[C@@H]1c1ccc(-c2ccccc2)cc1. The molecule has 1 aliphatic heterocycles. The van der Waals surface area contributed by atoms with E-state index in [1.807, 2.05) is 0 Å². The second-order valence-corrected chi connectivity index (χ2v) is 7.41. The fourth-order valence-corrected chi connectivity index (χ4v) is 4.18. The number of hydrogen-bond donors (Lipinski definition) is 0. The topological polar surface area (TPSA) is 3.24 Å². The molecular formula is C22H27N. The van der Waals surface area contributed by atoms with Gasteiger partial charge in [-0.3, -0.25) is 0 Å². The second-order valence-electron chi connectivity index (χ2n) is 7.41. The van der Waals surface area contributed by atoms with Crippen LogP contribution in [0.3, 0.4) is 0 Å². The summed E-state index contributed by atoms with van der Waals surface area (Å²) < 4.78 is 0. The molecule has 1 aliphatic carbocycles. The molecule has 0 amide bonds. The smallest absolute Gasteiger partial charge is 0.00674 e. The molecule has 1 heterocycles. The molecule has 4 rings (SSSR count). The number of rotatable bonds is 5. The zero-order valence-corrected chi connectivity index (χ0v) is 14.1. The number of likely N-dealkylation sites (tertiary alicyclic amines) is 1. The molecule has 2 fully saturated rings. The molecular weight excluding hydrogens is 278 g/mol. The van der Waals surface area contributed by atoms with Crippen molar-refractivity contribution in [2.45, 2.75) is 44.6 Å². The molecule has 1 saturated heterocycles. The van der Waals surface area contributed by atoms with E-state index in [1.165, 1.54) is 49.9 Å². The molecule has 0 N–H and O–H groups in total. The van der Waals surface area contributed by atoms with Crippen molar-refractivity contribution in [3.05, 3.63) is 60.2 Å². The summed E-state index contributed by atoms with van der Waals surface area (Å²) in [7, 11) is 0. The fraction of sp³-hybridized carbons (Fsp3) is 0.455. The van der Waals surface area contributed by atoms with Crippen LogP contribution < -0.4 is 0 Å². The third-order valence-corrected chi connectivity index (χ3v) is 5.85. The molecule has 0 bridgehead atoms. The summed E-state index contributed by atoms with van der Waals surface area (Å²) in [6, 6.07) is 20.8. The Kier molecular flexibility index (Phi) is 4.22. The maximum atomic E-state index is 2.69. The summed E-state index contributed by atoms with van der Waals surface area (Å²) in [6.45, 7) is 5.02. The molecule has 120 valence electrons. The Morgan fingerprint density at radius 3 is 2.39 bits per heavy atom. The minimum absolute atomic E-state index is 0.817. The minimum Gasteiger partial charge on any atom is -0.301 e. The van der Waals surface area contributed by atoms with Crippen LogP contribution in [0.4, 0.5) is 0 Å². The molecule has 2 aromatic rings. The maximum Gasteiger partial charge on any atom is 0.00674 e. The van der Waals surface area contributed by atoms with Gasteiger partial charge in [0.15, 0.2) is 0 Å². The zero-order valence-electron chi connectivity index (χ0n) is 14.1. The predicted octanol–water partition coefficient (Wildman–Crippen LogP) is 5.33. The lowest BCUT2D eigenvalue weighted by Gasteiger charge is -2.20. The second kappa shape index (κ2) is 6.49. The average Bonchev–Trinajstić information content (AvgIpc) is 3.27. The summed E-state index contributed by atoms with van der Waals surface area (Å²) in [4.78, 5) is 2.69. The van der Waals surface area contributed by atoms with E-state index in [1.54, 1.807) is 5.56 Å². The van der Waals surface area contributed by atoms with E-state index < -0.39 is 0 Å². The molecule has 2 aromatic carbocycles. The van der Waals surface area contributed by atoms with E-state index in [-0.39, 0.29) is 0 Å². The minimum atomic E-state index is 0.817. The first-order valence-corrected chi connectivity index (χ1v) is 9.21. The van der Waals surface area contributed by atoms with Crippen LogP contribution in [0.15, 0.2) is 54.6 Å². The van der Waals surface area contributed by atoms with Crippen molar-refractivity contribution < 1.29 is 0 Å². The van der Waals surface area contributed by atoms with Crippen LogP contribution in [-0.2, 0) is 0 Å². The van der Waals surface area contributed by atoms with Crippen LogP contribution in [0, 0.1) is 5.92 Å². The first kappa shape index (κ1) is 15.0. The Morgan fingerprint density at radius 2 is 1.70 bits per heavy atom. The molecule has 0 aromatic heterocycles. The van der Waals surface area contributed by atoms with Crippen LogP contribution in [-0.4, -0.2) is 24.0 Å². The van der Waals surface area contributed by atoms with E-state index in [4.69, 9.17) is 0 Å². The van der Waals surface area contributed by atoms with Gasteiger partial charge in [-0.2, -0.15) is 0 Å². The van der Waals surface area contributed by atoms with Gasteiger partial charge < -0.3 is 4.90 Å². The van der Waals surface area contributed by atoms with E-state index in [0.717, 1.165) is 17.9 Å².